The zero-order valence-electron chi connectivity index (χ0n) is 7.34. The summed E-state index contributed by atoms with van der Waals surface area (Å²) in [6.45, 7) is 3.46. The molecule has 12 heavy (non-hydrogen) atoms. The summed E-state index contributed by atoms with van der Waals surface area (Å²) in [6.07, 6.45) is 2.26. The first kappa shape index (κ1) is 9.48. The van der Waals surface area contributed by atoms with Crippen LogP contribution in [0.15, 0.2) is 0 Å². The zero-order valence-corrected chi connectivity index (χ0v) is 7.34. The van der Waals surface area contributed by atoms with Crippen LogP contribution < -0.4 is 5.32 Å². The van der Waals surface area contributed by atoms with E-state index in [1.165, 1.54) is 6.92 Å². The molecular weight excluding hydrogens is 158 g/mol. The number of carbonyl (C=O) groups is 1. The van der Waals surface area contributed by atoms with Crippen LogP contribution in [0.5, 0.6) is 0 Å². The number of carbonyl (C=O) groups excluding carboxylic acids is 1. The standard InChI is InChI=1S/C8H15NO3/c1-7(10)11-6-12-8-2-4-9-5-3-8/h8-9H,2-6H2,1H3. The fraction of sp³-hybridized carbons (Fsp3) is 0.875. The van der Waals surface area contributed by atoms with Gasteiger partial charge in [0.05, 0.1) is 6.10 Å². The summed E-state index contributed by atoms with van der Waals surface area (Å²) in [5, 5.41) is 3.23. The van der Waals surface area contributed by atoms with Crippen molar-refractivity contribution in [2.75, 3.05) is 19.9 Å². The molecule has 0 spiro atoms. The van der Waals surface area contributed by atoms with Crippen molar-refractivity contribution in [2.45, 2.75) is 25.9 Å². The third-order valence-electron chi connectivity index (χ3n) is 1.85. The summed E-state index contributed by atoms with van der Waals surface area (Å²) in [7, 11) is 0. The minimum atomic E-state index is -0.288. The SMILES string of the molecule is CC(=O)OCOC1CCNCC1. The van der Waals surface area contributed by atoms with Gasteiger partial charge in [-0.15, -0.1) is 0 Å². The highest BCUT2D eigenvalue weighted by atomic mass is 16.7. The van der Waals surface area contributed by atoms with E-state index < -0.39 is 0 Å². The number of piperidine rings is 1. The Kier molecular flexibility index (Phi) is 4.04. The second kappa shape index (κ2) is 5.11. The minimum absolute atomic E-state index is 0.0972. The molecule has 0 aromatic heterocycles. The van der Waals surface area contributed by atoms with E-state index in [0.717, 1.165) is 25.9 Å². The van der Waals surface area contributed by atoms with Crippen LogP contribution in [0.3, 0.4) is 0 Å². The fourth-order valence-electron chi connectivity index (χ4n) is 1.18. The highest BCUT2D eigenvalue weighted by Gasteiger charge is 2.12. The molecule has 0 unspecified atom stereocenters. The van der Waals surface area contributed by atoms with E-state index in [1.807, 2.05) is 0 Å². The van der Waals surface area contributed by atoms with E-state index in [1.54, 1.807) is 0 Å². The number of ether oxygens (including phenoxy) is 2. The molecule has 1 N–H and O–H groups in total. The van der Waals surface area contributed by atoms with Gasteiger partial charge in [0.25, 0.3) is 0 Å². The van der Waals surface area contributed by atoms with Gasteiger partial charge in [-0.2, -0.15) is 0 Å². The second-order valence-electron chi connectivity index (χ2n) is 2.87. The molecule has 0 amide bonds. The van der Waals surface area contributed by atoms with Gasteiger partial charge < -0.3 is 14.8 Å². The minimum Gasteiger partial charge on any atom is -0.439 e. The van der Waals surface area contributed by atoms with Crippen LogP contribution in [-0.4, -0.2) is 32.0 Å². The van der Waals surface area contributed by atoms with Crippen molar-refractivity contribution in [2.24, 2.45) is 0 Å². The average molecular weight is 173 g/mol. The van der Waals surface area contributed by atoms with Gasteiger partial charge in [0.1, 0.15) is 0 Å². The maximum Gasteiger partial charge on any atom is 0.304 e. The Bertz CT molecular complexity index is 143. The highest BCUT2D eigenvalue weighted by Crippen LogP contribution is 2.06. The van der Waals surface area contributed by atoms with Crippen molar-refractivity contribution < 1.29 is 14.3 Å². The van der Waals surface area contributed by atoms with E-state index >= 15 is 0 Å². The summed E-state index contributed by atoms with van der Waals surface area (Å²) < 4.78 is 9.97. The van der Waals surface area contributed by atoms with Gasteiger partial charge in [-0.05, 0) is 25.9 Å². The van der Waals surface area contributed by atoms with Crippen LogP contribution in [0.1, 0.15) is 19.8 Å². The molecular formula is C8H15NO3. The van der Waals surface area contributed by atoms with E-state index in [0.29, 0.717) is 0 Å². The lowest BCUT2D eigenvalue weighted by molar-refractivity contribution is -0.159. The van der Waals surface area contributed by atoms with Crippen LogP contribution >= 0.6 is 0 Å². The van der Waals surface area contributed by atoms with Gasteiger partial charge in [-0.25, -0.2) is 0 Å². The van der Waals surface area contributed by atoms with Gasteiger partial charge in [-0.1, -0.05) is 0 Å². The summed E-state index contributed by atoms with van der Waals surface area (Å²) in [4.78, 5) is 10.4. The third kappa shape index (κ3) is 3.69. The molecule has 0 aliphatic carbocycles. The Morgan fingerprint density at radius 1 is 1.50 bits per heavy atom. The number of rotatable bonds is 3. The Morgan fingerprint density at radius 3 is 2.75 bits per heavy atom. The molecule has 1 heterocycles. The molecule has 1 fully saturated rings. The van der Waals surface area contributed by atoms with E-state index in [9.17, 15) is 4.79 Å². The second-order valence-corrected chi connectivity index (χ2v) is 2.87. The molecule has 1 aliphatic heterocycles. The normalized spacial score (nSPS) is 19.1. The lowest BCUT2D eigenvalue weighted by atomic mass is 10.1. The topological polar surface area (TPSA) is 47.6 Å². The van der Waals surface area contributed by atoms with E-state index in [2.05, 4.69) is 10.1 Å². The van der Waals surface area contributed by atoms with Gasteiger partial charge in [0, 0.05) is 6.92 Å². The molecule has 1 saturated heterocycles. The van der Waals surface area contributed by atoms with Crippen molar-refractivity contribution in [3.05, 3.63) is 0 Å². The number of hydrogen-bond acceptors (Lipinski definition) is 4. The summed E-state index contributed by atoms with van der Waals surface area (Å²) in [6, 6.07) is 0. The monoisotopic (exact) mass is 173 g/mol. The van der Waals surface area contributed by atoms with Crippen LogP contribution in [0.25, 0.3) is 0 Å². The van der Waals surface area contributed by atoms with Gasteiger partial charge in [-0.3, -0.25) is 4.79 Å². The Balaban J connectivity index is 2.01. The molecule has 0 saturated carbocycles. The van der Waals surface area contributed by atoms with Gasteiger partial charge >= 0.3 is 5.97 Å². The molecule has 4 nitrogen and oxygen atoms in total. The van der Waals surface area contributed by atoms with E-state index in [4.69, 9.17) is 4.74 Å². The van der Waals surface area contributed by atoms with Crippen LogP contribution in [0.2, 0.25) is 0 Å². The number of hydrogen-bond donors (Lipinski definition) is 1. The van der Waals surface area contributed by atoms with Crippen LogP contribution in [0.4, 0.5) is 0 Å². The molecule has 1 rings (SSSR count). The summed E-state index contributed by atoms with van der Waals surface area (Å²) in [5.74, 6) is -0.288. The molecule has 0 bridgehead atoms. The van der Waals surface area contributed by atoms with Crippen molar-refractivity contribution in [3.63, 3.8) is 0 Å². The first-order chi connectivity index (χ1) is 5.79. The average Bonchev–Trinajstić information content (AvgIpc) is 2.05. The molecule has 70 valence electrons. The number of esters is 1. The lowest BCUT2D eigenvalue weighted by Crippen LogP contribution is -2.33. The molecule has 1 aliphatic rings. The first-order valence-corrected chi connectivity index (χ1v) is 4.24. The van der Waals surface area contributed by atoms with Gasteiger partial charge in [0.15, 0.2) is 6.79 Å². The molecule has 0 aromatic carbocycles. The molecule has 4 heteroatoms. The quantitative estimate of drug-likeness (QED) is 0.492. The van der Waals surface area contributed by atoms with E-state index in [-0.39, 0.29) is 18.9 Å². The van der Waals surface area contributed by atoms with Crippen LogP contribution in [0, 0.1) is 0 Å². The lowest BCUT2D eigenvalue weighted by Gasteiger charge is -2.22. The van der Waals surface area contributed by atoms with Crippen molar-refractivity contribution in [3.8, 4) is 0 Å². The Morgan fingerprint density at radius 2 is 2.17 bits per heavy atom. The van der Waals surface area contributed by atoms with Gasteiger partial charge in [0.2, 0.25) is 0 Å². The molecule has 0 aromatic rings. The van der Waals surface area contributed by atoms with Crippen molar-refractivity contribution >= 4 is 5.97 Å². The smallest absolute Gasteiger partial charge is 0.304 e. The zero-order chi connectivity index (χ0) is 8.81. The first-order valence-electron chi connectivity index (χ1n) is 4.24. The number of nitrogens with one attached hydrogen (secondary N) is 1. The molecule has 0 radical (unpaired) electrons. The highest BCUT2D eigenvalue weighted by molar-refractivity contribution is 5.65. The maximum atomic E-state index is 10.4. The fourth-order valence-corrected chi connectivity index (χ4v) is 1.18. The van der Waals surface area contributed by atoms with Crippen molar-refractivity contribution in [1.82, 2.24) is 5.32 Å². The summed E-state index contributed by atoms with van der Waals surface area (Å²) in [5.41, 5.74) is 0. The van der Waals surface area contributed by atoms with Crippen molar-refractivity contribution in [1.29, 1.82) is 0 Å². The third-order valence-corrected chi connectivity index (χ3v) is 1.85. The Hall–Kier alpha value is -0.610. The van der Waals surface area contributed by atoms with Crippen LogP contribution in [-0.2, 0) is 14.3 Å². The largest absolute Gasteiger partial charge is 0.439 e. The maximum absolute atomic E-state index is 10.4. The predicted molar refractivity (Wildman–Crippen MR) is 43.6 cm³/mol. The Labute approximate surface area is 72.2 Å². The summed E-state index contributed by atoms with van der Waals surface area (Å²) >= 11 is 0. The predicted octanol–water partition coefficient (Wildman–Crippen LogP) is 0.276. The molecule has 0 atom stereocenters.